The van der Waals surface area contributed by atoms with Crippen LogP contribution in [0.15, 0.2) is 48.2 Å². The highest BCUT2D eigenvalue weighted by Crippen LogP contribution is 2.25. The molecule has 0 saturated carbocycles. The molecule has 0 aliphatic carbocycles. The molecule has 1 rings (SSSR count). The van der Waals surface area contributed by atoms with Crippen molar-refractivity contribution in [3.05, 3.63) is 53.8 Å². The van der Waals surface area contributed by atoms with Gasteiger partial charge in [0.15, 0.2) is 5.22 Å². The number of ether oxygens (including phenoxy) is 1. The van der Waals surface area contributed by atoms with Crippen LogP contribution in [0, 0.1) is 0 Å². The predicted molar refractivity (Wildman–Crippen MR) is 65.7 cm³/mol. The van der Waals surface area contributed by atoms with Crippen molar-refractivity contribution >= 4 is 17.2 Å². The molecular weight excluding hydrogens is 208 g/mol. The van der Waals surface area contributed by atoms with Gasteiger partial charge in [0.25, 0.3) is 0 Å². The highest BCUT2D eigenvalue weighted by Gasteiger charge is 2.06. The van der Waals surface area contributed by atoms with E-state index in [-0.39, 0.29) is 0 Å². The normalized spacial score (nSPS) is 11.9. The van der Waals surface area contributed by atoms with Gasteiger partial charge in [0.05, 0.1) is 6.61 Å². The van der Waals surface area contributed by atoms with Crippen LogP contribution in [0.5, 0.6) is 0 Å². The van der Waals surface area contributed by atoms with E-state index in [1.165, 1.54) is 0 Å². The van der Waals surface area contributed by atoms with Crippen molar-refractivity contribution in [3.63, 3.8) is 0 Å². The van der Waals surface area contributed by atoms with Gasteiger partial charge in [-0.3, -0.25) is 0 Å². The Morgan fingerprint density at radius 3 is 2.60 bits per heavy atom. The van der Waals surface area contributed by atoms with Gasteiger partial charge in [0.1, 0.15) is 0 Å². The summed E-state index contributed by atoms with van der Waals surface area (Å²) in [6, 6.07) is 9.97. The second kappa shape index (κ2) is 6.31. The summed E-state index contributed by atoms with van der Waals surface area (Å²) in [5.74, 6) is 0. The Bertz CT molecular complexity index is 341. The fourth-order valence-corrected chi connectivity index (χ4v) is 1.60. The van der Waals surface area contributed by atoms with Crippen LogP contribution in [0.25, 0.3) is 5.57 Å². The molecule has 0 N–H and O–H groups in total. The molecule has 0 saturated heterocycles. The molecule has 0 bridgehead atoms. The largest absolute Gasteiger partial charge is 0.483 e. The van der Waals surface area contributed by atoms with Gasteiger partial charge in [0, 0.05) is 5.57 Å². The lowest BCUT2D eigenvalue weighted by atomic mass is 10.0. The summed E-state index contributed by atoms with van der Waals surface area (Å²) >= 11 is 6.07. The molecule has 0 spiro atoms. The molecular formula is C13H15ClO. The first-order chi connectivity index (χ1) is 7.29. The van der Waals surface area contributed by atoms with E-state index in [2.05, 4.69) is 6.58 Å². The molecule has 1 aromatic carbocycles. The second-order valence-corrected chi connectivity index (χ2v) is 3.39. The number of hydrogen-bond acceptors (Lipinski definition) is 1. The second-order valence-electron chi connectivity index (χ2n) is 3.04. The summed E-state index contributed by atoms with van der Waals surface area (Å²) in [6.07, 6.45) is 2.53. The van der Waals surface area contributed by atoms with E-state index < -0.39 is 0 Å². The molecule has 80 valence electrons. The SMILES string of the molecule is C=CC/C(=C(\Cl)OCC)c1ccccc1. The van der Waals surface area contributed by atoms with Crippen molar-refractivity contribution in [3.8, 4) is 0 Å². The predicted octanol–water partition coefficient (Wildman–Crippen LogP) is 4.21. The van der Waals surface area contributed by atoms with Crippen LogP contribution in [0.1, 0.15) is 18.9 Å². The Labute approximate surface area is 96.0 Å². The van der Waals surface area contributed by atoms with E-state index in [0.717, 1.165) is 11.1 Å². The zero-order chi connectivity index (χ0) is 11.1. The molecule has 0 atom stereocenters. The lowest BCUT2D eigenvalue weighted by Crippen LogP contribution is -1.91. The van der Waals surface area contributed by atoms with Crippen LogP contribution in [0.4, 0.5) is 0 Å². The smallest absolute Gasteiger partial charge is 0.190 e. The minimum Gasteiger partial charge on any atom is -0.483 e. The molecule has 0 heterocycles. The third-order valence-electron chi connectivity index (χ3n) is 1.98. The third-order valence-corrected chi connectivity index (χ3v) is 2.32. The van der Waals surface area contributed by atoms with Crippen LogP contribution in [0.2, 0.25) is 0 Å². The molecule has 2 heteroatoms. The van der Waals surface area contributed by atoms with E-state index in [1.807, 2.05) is 43.3 Å². The van der Waals surface area contributed by atoms with Gasteiger partial charge in [0.2, 0.25) is 0 Å². The lowest BCUT2D eigenvalue weighted by molar-refractivity contribution is 0.256. The van der Waals surface area contributed by atoms with Crippen molar-refractivity contribution in [2.75, 3.05) is 6.61 Å². The average Bonchev–Trinajstić information content (AvgIpc) is 2.27. The van der Waals surface area contributed by atoms with Gasteiger partial charge < -0.3 is 4.74 Å². The molecule has 1 aromatic rings. The number of halogens is 1. The zero-order valence-corrected chi connectivity index (χ0v) is 9.63. The first-order valence-electron chi connectivity index (χ1n) is 4.97. The maximum atomic E-state index is 6.07. The van der Waals surface area contributed by atoms with Crippen LogP contribution in [-0.4, -0.2) is 6.61 Å². The standard InChI is InChI=1S/C13H15ClO/c1-3-8-12(13(14)15-4-2)11-9-6-5-7-10-11/h3,5-7,9-10H,1,4,8H2,2H3/b13-12-. The third kappa shape index (κ3) is 3.45. The maximum Gasteiger partial charge on any atom is 0.190 e. The molecule has 0 unspecified atom stereocenters. The lowest BCUT2D eigenvalue weighted by Gasteiger charge is -2.09. The summed E-state index contributed by atoms with van der Waals surface area (Å²) in [5, 5.41) is 0.462. The number of benzene rings is 1. The Morgan fingerprint density at radius 1 is 1.40 bits per heavy atom. The summed E-state index contributed by atoms with van der Waals surface area (Å²) in [4.78, 5) is 0. The Hall–Kier alpha value is -1.21. The number of rotatable bonds is 5. The Kier molecular flexibility index (Phi) is 4.99. The van der Waals surface area contributed by atoms with Gasteiger partial charge in [-0.1, -0.05) is 36.4 Å². The molecule has 15 heavy (non-hydrogen) atoms. The van der Waals surface area contributed by atoms with E-state index in [4.69, 9.17) is 16.3 Å². The Morgan fingerprint density at radius 2 is 2.07 bits per heavy atom. The molecule has 0 amide bonds. The van der Waals surface area contributed by atoms with Crippen LogP contribution < -0.4 is 0 Å². The number of hydrogen-bond donors (Lipinski definition) is 0. The molecule has 0 fully saturated rings. The van der Waals surface area contributed by atoms with Crippen molar-refractivity contribution in [2.24, 2.45) is 0 Å². The topological polar surface area (TPSA) is 9.23 Å². The molecule has 0 aliphatic heterocycles. The van der Waals surface area contributed by atoms with Gasteiger partial charge in [-0.25, -0.2) is 0 Å². The van der Waals surface area contributed by atoms with E-state index in [1.54, 1.807) is 0 Å². The van der Waals surface area contributed by atoms with E-state index in [9.17, 15) is 0 Å². The van der Waals surface area contributed by atoms with Crippen LogP contribution in [-0.2, 0) is 4.74 Å². The molecule has 1 nitrogen and oxygen atoms in total. The maximum absolute atomic E-state index is 6.07. The highest BCUT2D eigenvalue weighted by atomic mass is 35.5. The quantitative estimate of drug-likeness (QED) is 0.536. The van der Waals surface area contributed by atoms with Gasteiger partial charge >= 0.3 is 0 Å². The fraction of sp³-hybridized carbons (Fsp3) is 0.231. The summed E-state index contributed by atoms with van der Waals surface area (Å²) in [7, 11) is 0. The number of allylic oxidation sites excluding steroid dienone is 2. The zero-order valence-electron chi connectivity index (χ0n) is 8.87. The van der Waals surface area contributed by atoms with Crippen molar-refractivity contribution < 1.29 is 4.74 Å². The summed E-state index contributed by atoms with van der Waals surface area (Å²) in [6.45, 7) is 6.21. The van der Waals surface area contributed by atoms with E-state index >= 15 is 0 Å². The van der Waals surface area contributed by atoms with Gasteiger partial charge in [-0.05, 0) is 30.5 Å². The Balaban J connectivity index is 3.02. The van der Waals surface area contributed by atoms with Crippen LogP contribution >= 0.6 is 11.6 Å². The minimum absolute atomic E-state index is 0.462. The summed E-state index contributed by atoms with van der Waals surface area (Å²) in [5.41, 5.74) is 2.06. The van der Waals surface area contributed by atoms with Crippen molar-refractivity contribution in [2.45, 2.75) is 13.3 Å². The monoisotopic (exact) mass is 222 g/mol. The molecule has 0 aromatic heterocycles. The average molecular weight is 223 g/mol. The van der Waals surface area contributed by atoms with Crippen molar-refractivity contribution in [1.29, 1.82) is 0 Å². The first kappa shape index (κ1) is 11.9. The molecule has 0 radical (unpaired) electrons. The first-order valence-corrected chi connectivity index (χ1v) is 5.35. The van der Waals surface area contributed by atoms with Gasteiger partial charge in [-0.2, -0.15) is 0 Å². The highest BCUT2D eigenvalue weighted by molar-refractivity contribution is 6.31. The summed E-state index contributed by atoms with van der Waals surface area (Å²) < 4.78 is 5.31. The van der Waals surface area contributed by atoms with Gasteiger partial charge in [-0.15, -0.1) is 6.58 Å². The van der Waals surface area contributed by atoms with Crippen molar-refractivity contribution in [1.82, 2.24) is 0 Å². The fourth-order valence-electron chi connectivity index (χ4n) is 1.31. The van der Waals surface area contributed by atoms with Crippen LogP contribution in [0.3, 0.4) is 0 Å². The molecule has 0 aliphatic rings. The minimum atomic E-state index is 0.462. The van der Waals surface area contributed by atoms with E-state index in [0.29, 0.717) is 18.2 Å².